The minimum Gasteiger partial charge on any atom is -0.389 e. The van der Waals surface area contributed by atoms with E-state index in [1.165, 1.54) is 24.1 Å². The molecule has 0 unspecified atom stereocenters. The lowest BCUT2D eigenvalue weighted by atomic mass is 9.94. The van der Waals surface area contributed by atoms with Crippen molar-refractivity contribution in [2.75, 3.05) is 19.0 Å². The zero-order valence-corrected chi connectivity index (χ0v) is 13.3. The Morgan fingerprint density at radius 3 is 2.80 bits per heavy atom. The normalized spacial score (nSPS) is 14.8. The Kier molecular flexibility index (Phi) is 4.60. The van der Waals surface area contributed by atoms with Gasteiger partial charge in [-0.2, -0.15) is 0 Å². The summed E-state index contributed by atoms with van der Waals surface area (Å²) in [5.74, 6) is 0.781. The fourth-order valence-electron chi connectivity index (χ4n) is 2.33. The molecule has 5 heteroatoms. The lowest BCUT2D eigenvalue weighted by Gasteiger charge is -2.25. The van der Waals surface area contributed by atoms with Crippen LogP contribution in [0.4, 0.5) is 5.82 Å². The predicted octanol–water partition coefficient (Wildman–Crippen LogP) is 2.43. The van der Waals surface area contributed by atoms with Gasteiger partial charge in [-0.15, -0.1) is 0 Å². The molecule has 1 aromatic heterocycles. The van der Waals surface area contributed by atoms with Crippen LogP contribution in [0.3, 0.4) is 0 Å². The first-order valence-electron chi connectivity index (χ1n) is 7.04. The number of hydrogen-bond donors (Lipinski definition) is 2. The molecule has 0 aromatic carbocycles. The van der Waals surface area contributed by atoms with E-state index in [4.69, 9.17) is 27.7 Å². The molecule has 0 bridgehead atoms. The van der Waals surface area contributed by atoms with Crippen molar-refractivity contribution in [2.24, 2.45) is 5.73 Å². The van der Waals surface area contributed by atoms with Crippen LogP contribution in [-0.4, -0.2) is 29.2 Å². The number of nitrogens with two attached hydrogens (primary N) is 1. The lowest BCUT2D eigenvalue weighted by Crippen LogP contribution is -2.33. The number of thiocarbonyl (C=S) groups is 1. The molecule has 3 N–H and O–H groups in total. The largest absolute Gasteiger partial charge is 0.389 e. The van der Waals surface area contributed by atoms with Crippen LogP contribution < -0.4 is 11.1 Å². The third-order valence-electron chi connectivity index (χ3n) is 3.80. The second kappa shape index (κ2) is 6.06. The van der Waals surface area contributed by atoms with Crippen LogP contribution >= 0.6 is 12.2 Å². The highest BCUT2D eigenvalue weighted by atomic mass is 32.1. The first-order valence-corrected chi connectivity index (χ1v) is 7.45. The van der Waals surface area contributed by atoms with Crippen molar-refractivity contribution >= 4 is 23.0 Å². The van der Waals surface area contributed by atoms with Crippen molar-refractivity contribution < 1.29 is 4.74 Å². The van der Waals surface area contributed by atoms with Crippen LogP contribution in [0.2, 0.25) is 0 Å². The molecule has 1 aliphatic carbocycles. The quantitative estimate of drug-likeness (QED) is 0.817. The fourth-order valence-corrected chi connectivity index (χ4v) is 2.48. The summed E-state index contributed by atoms with van der Waals surface area (Å²) in [4.78, 5) is 5.13. The maximum absolute atomic E-state index is 5.84. The number of methoxy groups -OCH3 is 1. The number of fused-ring (bicyclic) bond motifs is 1. The number of nitrogens with zero attached hydrogens (tertiary/aromatic N) is 1. The SMILES string of the molecule is COC(C)(C)CNc1nc2c(cc1C(N)=S)CCCC2. The van der Waals surface area contributed by atoms with E-state index in [1.807, 2.05) is 13.8 Å². The van der Waals surface area contributed by atoms with Gasteiger partial charge in [-0.25, -0.2) is 4.98 Å². The van der Waals surface area contributed by atoms with Crippen LogP contribution in [0.1, 0.15) is 43.5 Å². The fraction of sp³-hybridized carbons (Fsp3) is 0.600. The minimum atomic E-state index is -0.259. The van der Waals surface area contributed by atoms with Gasteiger partial charge in [0.15, 0.2) is 0 Å². The number of aromatic nitrogens is 1. The summed E-state index contributed by atoms with van der Waals surface area (Å²) in [6.45, 7) is 4.71. The zero-order chi connectivity index (χ0) is 14.8. The van der Waals surface area contributed by atoms with E-state index >= 15 is 0 Å². The first-order chi connectivity index (χ1) is 9.43. The molecule has 0 radical (unpaired) electrons. The molecule has 0 saturated heterocycles. The zero-order valence-electron chi connectivity index (χ0n) is 12.5. The Morgan fingerprint density at radius 2 is 2.15 bits per heavy atom. The number of rotatable bonds is 5. The van der Waals surface area contributed by atoms with E-state index in [-0.39, 0.29) is 5.60 Å². The standard InChI is InChI=1S/C15H23N3OS/c1-15(2,19-3)9-17-14-11(13(16)20)8-10-6-4-5-7-12(10)18-14/h8H,4-7,9H2,1-3H3,(H2,16,20)(H,17,18). The van der Waals surface area contributed by atoms with Crippen molar-refractivity contribution in [1.29, 1.82) is 0 Å². The highest BCUT2D eigenvalue weighted by Gasteiger charge is 2.20. The molecule has 1 aliphatic rings. The summed E-state index contributed by atoms with van der Waals surface area (Å²) >= 11 is 5.16. The highest BCUT2D eigenvalue weighted by molar-refractivity contribution is 7.80. The van der Waals surface area contributed by atoms with Crippen molar-refractivity contribution in [3.05, 3.63) is 22.9 Å². The third-order valence-corrected chi connectivity index (χ3v) is 4.02. The summed E-state index contributed by atoms with van der Waals surface area (Å²) in [6, 6.07) is 2.10. The predicted molar refractivity (Wildman–Crippen MR) is 86.3 cm³/mol. The van der Waals surface area contributed by atoms with Gasteiger partial charge < -0.3 is 15.8 Å². The molecule has 0 atom stereocenters. The van der Waals surface area contributed by atoms with Gasteiger partial charge in [0.05, 0.1) is 11.2 Å². The maximum atomic E-state index is 5.84. The number of hydrogen-bond acceptors (Lipinski definition) is 4. The van der Waals surface area contributed by atoms with E-state index in [9.17, 15) is 0 Å². The minimum absolute atomic E-state index is 0.259. The number of pyridine rings is 1. The first kappa shape index (κ1) is 15.2. The van der Waals surface area contributed by atoms with Gasteiger partial charge in [0.25, 0.3) is 0 Å². The van der Waals surface area contributed by atoms with Gasteiger partial charge >= 0.3 is 0 Å². The van der Waals surface area contributed by atoms with Gasteiger partial charge in [-0.3, -0.25) is 0 Å². The smallest absolute Gasteiger partial charge is 0.136 e. The molecule has 0 saturated carbocycles. The lowest BCUT2D eigenvalue weighted by molar-refractivity contribution is 0.0343. The second-order valence-corrected chi connectivity index (χ2v) is 6.32. The molecule has 0 fully saturated rings. The molecule has 0 amide bonds. The Hall–Kier alpha value is -1.20. The van der Waals surface area contributed by atoms with Crippen LogP contribution in [-0.2, 0) is 17.6 Å². The van der Waals surface area contributed by atoms with Crippen molar-refractivity contribution in [2.45, 2.75) is 45.1 Å². The Morgan fingerprint density at radius 1 is 1.45 bits per heavy atom. The average molecular weight is 293 g/mol. The monoisotopic (exact) mass is 293 g/mol. The summed E-state index contributed by atoms with van der Waals surface area (Å²) in [6.07, 6.45) is 4.53. The summed E-state index contributed by atoms with van der Waals surface area (Å²) in [5, 5.41) is 3.33. The highest BCUT2D eigenvalue weighted by Crippen LogP contribution is 2.25. The number of aryl methyl sites for hydroxylation is 2. The third kappa shape index (κ3) is 3.46. The van der Waals surface area contributed by atoms with Crippen LogP contribution in [0, 0.1) is 0 Å². The number of nitrogens with one attached hydrogen (secondary N) is 1. The van der Waals surface area contributed by atoms with E-state index in [0.29, 0.717) is 11.5 Å². The Labute approximate surface area is 126 Å². The number of anilines is 1. The van der Waals surface area contributed by atoms with E-state index in [1.54, 1.807) is 7.11 Å². The molecule has 2 rings (SSSR count). The van der Waals surface area contributed by atoms with Gasteiger partial charge in [-0.1, -0.05) is 12.2 Å². The van der Waals surface area contributed by atoms with Gasteiger partial charge in [0, 0.05) is 19.3 Å². The topological polar surface area (TPSA) is 60.2 Å². The molecule has 20 heavy (non-hydrogen) atoms. The van der Waals surface area contributed by atoms with Gasteiger partial charge in [0.2, 0.25) is 0 Å². The average Bonchev–Trinajstić information content (AvgIpc) is 2.44. The Balaban J connectivity index is 2.28. The van der Waals surface area contributed by atoms with Gasteiger partial charge in [0.1, 0.15) is 10.8 Å². The van der Waals surface area contributed by atoms with E-state index in [2.05, 4.69) is 11.4 Å². The molecular formula is C15H23N3OS. The molecule has 110 valence electrons. The second-order valence-electron chi connectivity index (χ2n) is 5.88. The molecule has 1 heterocycles. The summed E-state index contributed by atoms with van der Waals surface area (Å²) < 4.78 is 5.42. The summed E-state index contributed by atoms with van der Waals surface area (Å²) in [7, 11) is 1.70. The van der Waals surface area contributed by atoms with Crippen molar-refractivity contribution in [3.63, 3.8) is 0 Å². The molecule has 1 aromatic rings. The molecule has 0 spiro atoms. The maximum Gasteiger partial charge on any atom is 0.136 e. The van der Waals surface area contributed by atoms with Crippen LogP contribution in [0.5, 0.6) is 0 Å². The molecular weight excluding hydrogens is 270 g/mol. The van der Waals surface area contributed by atoms with Crippen molar-refractivity contribution in [1.82, 2.24) is 4.98 Å². The Bertz CT molecular complexity index is 514. The summed E-state index contributed by atoms with van der Waals surface area (Å²) in [5.41, 5.74) is 8.88. The van der Waals surface area contributed by atoms with Crippen LogP contribution in [0.25, 0.3) is 0 Å². The van der Waals surface area contributed by atoms with Gasteiger partial charge in [-0.05, 0) is 51.2 Å². The van der Waals surface area contributed by atoms with E-state index < -0.39 is 0 Å². The molecule has 0 aliphatic heterocycles. The van der Waals surface area contributed by atoms with Crippen molar-refractivity contribution in [3.8, 4) is 0 Å². The van der Waals surface area contributed by atoms with Crippen LogP contribution in [0.15, 0.2) is 6.07 Å². The molecule has 4 nitrogen and oxygen atoms in total. The van der Waals surface area contributed by atoms with E-state index in [0.717, 1.165) is 24.2 Å². The number of ether oxygens (including phenoxy) is 1.